The van der Waals surface area contributed by atoms with E-state index in [1.165, 1.54) is 0 Å². The summed E-state index contributed by atoms with van der Waals surface area (Å²) in [4.78, 5) is 0. The van der Waals surface area contributed by atoms with E-state index in [9.17, 15) is 5.11 Å². The molecule has 0 spiro atoms. The van der Waals surface area contributed by atoms with E-state index in [-0.39, 0.29) is 12.0 Å². The summed E-state index contributed by atoms with van der Waals surface area (Å²) >= 11 is 0. The lowest BCUT2D eigenvalue weighted by molar-refractivity contribution is 0.123. The Labute approximate surface area is 113 Å². The van der Waals surface area contributed by atoms with Gasteiger partial charge in [0.2, 0.25) is 0 Å². The normalized spacial score (nSPS) is 13.1. The molecule has 2 rings (SSSR count). The molecule has 1 aromatic heterocycles. The number of aliphatic hydroxyl groups excluding tert-OH is 1. The molecule has 0 amide bonds. The second-order valence-corrected chi connectivity index (χ2v) is 5.06. The molecule has 0 saturated carbocycles. The molecule has 1 aromatic carbocycles. The lowest BCUT2D eigenvalue weighted by atomic mass is 10.1. The zero-order valence-electron chi connectivity index (χ0n) is 11.6. The summed E-state index contributed by atoms with van der Waals surface area (Å²) < 4.78 is 10.9. The molecule has 0 radical (unpaired) electrons. The van der Waals surface area contributed by atoms with Gasteiger partial charge in [-0.05, 0) is 30.2 Å². The molecule has 0 aliphatic rings. The van der Waals surface area contributed by atoms with Gasteiger partial charge in [0, 0.05) is 11.9 Å². The number of furan rings is 1. The summed E-state index contributed by atoms with van der Waals surface area (Å²) in [5, 5.41) is 13.9. The fraction of sp³-hybridized carbons (Fsp3) is 0.467. The second-order valence-electron chi connectivity index (χ2n) is 5.06. The number of ether oxygens (including phenoxy) is 1. The van der Waals surface area contributed by atoms with E-state index in [1.807, 2.05) is 38.1 Å². The van der Waals surface area contributed by atoms with Crippen LogP contribution in [0.3, 0.4) is 0 Å². The first kappa shape index (κ1) is 13.9. The summed E-state index contributed by atoms with van der Waals surface area (Å²) in [5.74, 6) is 1.94. The Morgan fingerprint density at radius 3 is 2.79 bits per heavy atom. The van der Waals surface area contributed by atoms with Crippen molar-refractivity contribution in [3.05, 3.63) is 30.0 Å². The predicted molar refractivity (Wildman–Crippen MR) is 75.3 cm³/mol. The smallest absolute Gasteiger partial charge is 0.134 e. The van der Waals surface area contributed by atoms with Crippen molar-refractivity contribution in [1.82, 2.24) is 5.32 Å². The Hall–Kier alpha value is -1.52. The monoisotopic (exact) mass is 263 g/mol. The Morgan fingerprint density at radius 1 is 1.32 bits per heavy atom. The lowest BCUT2D eigenvalue weighted by Crippen LogP contribution is -2.30. The van der Waals surface area contributed by atoms with Crippen LogP contribution in [0, 0.1) is 5.92 Å². The van der Waals surface area contributed by atoms with Gasteiger partial charge in [0.15, 0.2) is 0 Å². The van der Waals surface area contributed by atoms with Crippen LogP contribution < -0.4 is 10.1 Å². The lowest BCUT2D eigenvalue weighted by Gasteiger charge is -2.14. The Balaban J connectivity index is 1.98. The number of methoxy groups -OCH3 is 1. The molecule has 0 fully saturated rings. The van der Waals surface area contributed by atoms with Gasteiger partial charge < -0.3 is 19.6 Å². The van der Waals surface area contributed by atoms with Crippen LogP contribution >= 0.6 is 0 Å². The van der Waals surface area contributed by atoms with Crippen LogP contribution in [0.4, 0.5) is 0 Å². The van der Waals surface area contributed by atoms with Crippen LogP contribution in [0.25, 0.3) is 11.0 Å². The van der Waals surface area contributed by atoms with Crippen LogP contribution in [-0.2, 0) is 6.54 Å². The van der Waals surface area contributed by atoms with Crippen molar-refractivity contribution in [2.45, 2.75) is 26.5 Å². The molecule has 19 heavy (non-hydrogen) atoms. The van der Waals surface area contributed by atoms with Crippen molar-refractivity contribution in [1.29, 1.82) is 0 Å². The number of fused-ring (bicyclic) bond motifs is 1. The van der Waals surface area contributed by atoms with Gasteiger partial charge in [0.25, 0.3) is 0 Å². The van der Waals surface area contributed by atoms with E-state index >= 15 is 0 Å². The number of rotatable bonds is 6. The van der Waals surface area contributed by atoms with Crippen LogP contribution in [0.5, 0.6) is 5.75 Å². The summed E-state index contributed by atoms with van der Waals surface area (Å²) in [5.41, 5.74) is 0.849. The first-order chi connectivity index (χ1) is 9.10. The topological polar surface area (TPSA) is 54.6 Å². The van der Waals surface area contributed by atoms with Gasteiger partial charge in [-0.15, -0.1) is 0 Å². The van der Waals surface area contributed by atoms with Crippen molar-refractivity contribution < 1.29 is 14.3 Å². The first-order valence-electron chi connectivity index (χ1n) is 6.55. The van der Waals surface area contributed by atoms with Gasteiger partial charge in [0.05, 0.1) is 19.8 Å². The standard InChI is InChI=1S/C15H21NO3/c1-10(2)14(17)9-16-8-13-7-11-6-12(18-3)4-5-15(11)19-13/h4-7,10,14,16-17H,8-9H2,1-3H3. The van der Waals surface area contributed by atoms with Crippen LogP contribution in [0.15, 0.2) is 28.7 Å². The van der Waals surface area contributed by atoms with E-state index in [4.69, 9.17) is 9.15 Å². The Bertz CT molecular complexity index is 533. The summed E-state index contributed by atoms with van der Waals surface area (Å²) in [6.07, 6.45) is -0.329. The minimum atomic E-state index is -0.329. The third kappa shape index (κ3) is 3.49. The van der Waals surface area contributed by atoms with E-state index in [2.05, 4.69) is 5.32 Å². The van der Waals surface area contributed by atoms with E-state index < -0.39 is 0 Å². The highest BCUT2D eigenvalue weighted by Crippen LogP contribution is 2.24. The molecule has 0 aliphatic heterocycles. The van der Waals surface area contributed by atoms with Gasteiger partial charge in [-0.25, -0.2) is 0 Å². The van der Waals surface area contributed by atoms with Crippen molar-refractivity contribution >= 4 is 11.0 Å². The molecule has 0 aliphatic carbocycles. The van der Waals surface area contributed by atoms with E-state index in [0.717, 1.165) is 22.5 Å². The van der Waals surface area contributed by atoms with Crippen LogP contribution in [-0.4, -0.2) is 24.9 Å². The SMILES string of the molecule is COc1ccc2oc(CNCC(O)C(C)C)cc2c1. The van der Waals surface area contributed by atoms with Crippen molar-refractivity contribution in [2.24, 2.45) is 5.92 Å². The first-order valence-corrected chi connectivity index (χ1v) is 6.55. The predicted octanol–water partition coefficient (Wildman–Crippen LogP) is 2.55. The largest absolute Gasteiger partial charge is 0.497 e. The molecule has 0 bridgehead atoms. The minimum absolute atomic E-state index is 0.257. The van der Waals surface area contributed by atoms with Crippen molar-refractivity contribution in [2.75, 3.05) is 13.7 Å². The molecule has 4 heteroatoms. The van der Waals surface area contributed by atoms with Crippen molar-refractivity contribution in [3.8, 4) is 5.75 Å². The average molecular weight is 263 g/mol. The molecule has 1 unspecified atom stereocenters. The third-order valence-corrected chi connectivity index (χ3v) is 3.20. The van der Waals surface area contributed by atoms with Gasteiger partial charge in [-0.3, -0.25) is 0 Å². The quantitative estimate of drug-likeness (QED) is 0.841. The molecule has 2 N–H and O–H groups in total. The Morgan fingerprint density at radius 2 is 2.11 bits per heavy atom. The second kappa shape index (κ2) is 6.08. The minimum Gasteiger partial charge on any atom is -0.497 e. The molecule has 104 valence electrons. The fourth-order valence-corrected chi connectivity index (χ4v) is 1.87. The molecule has 4 nitrogen and oxygen atoms in total. The highest BCUT2D eigenvalue weighted by molar-refractivity contribution is 5.79. The average Bonchev–Trinajstić information content (AvgIpc) is 2.79. The molecule has 1 heterocycles. The summed E-state index contributed by atoms with van der Waals surface area (Å²) in [6, 6.07) is 7.73. The fourth-order valence-electron chi connectivity index (χ4n) is 1.87. The molecule has 1 atom stereocenters. The molecule has 2 aromatic rings. The van der Waals surface area contributed by atoms with Crippen LogP contribution in [0.1, 0.15) is 19.6 Å². The highest BCUT2D eigenvalue weighted by atomic mass is 16.5. The van der Waals surface area contributed by atoms with Crippen molar-refractivity contribution in [3.63, 3.8) is 0 Å². The summed E-state index contributed by atoms with van der Waals surface area (Å²) in [7, 11) is 1.65. The maximum absolute atomic E-state index is 9.70. The number of aliphatic hydroxyl groups is 1. The number of hydrogen-bond donors (Lipinski definition) is 2. The van der Waals surface area contributed by atoms with Gasteiger partial charge >= 0.3 is 0 Å². The zero-order chi connectivity index (χ0) is 13.8. The maximum Gasteiger partial charge on any atom is 0.134 e. The summed E-state index contributed by atoms with van der Waals surface area (Å²) in [6.45, 7) is 5.18. The number of nitrogens with one attached hydrogen (secondary N) is 1. The van der Waals surface area contributed by atoms with E-state index in [0.29, 0.717) is 13.1 Å². The third-order valence-electron chi connectivity index (χ3n) is 3.20. The van der Waals surface area contributed by atoms with Gasteiger partial charge in [0.1, 0.15) is 17.1 Å². The number of hydrogen-bond acceptors (Lipinski definition) is 4. The van der Waals surface area contributed by atoms with Gasteiger partial charge in [-0.1, -0.05) is 13.8 Å². The van der Waals surface area contributed by atoms with E-state index in [1.54, 1.807) is 7.11 Å². The Kier molecular flexibility index (Phi) is 4.45. The number of benzene rings is 1. The molecule has 0 saturated heterocycles. The van der Waals surface area contributed by atoms with Crippen LogP contribution in [0.2, 0.25) is 0 Å². The molecular formula is C15H21NO3. The highest BCUT2D eigenvalue weighted by Gasteiger charge is 2.09. The van der Waals surface area contributed by atoms with Gasteiger partial charge in [-0.2, -0.15) is 0 Å². The molecular weight excluding hydrogens is 242 g/mol. The zero-order valence-corrected chi connectivity index (χ0v) is 11.6. The maximum atomic E-state index is 9.70.